The summed E-state index contributed by atoms with van der Waals surface area (Å²) >= 11 is 0. The molecule has 14 heavy (non-hydrogen) atoms. The zero-order chi connectivity index (χ0) is 10.6. The highest BCUT2D eigenvalue weighted by atomic mass is 19.3. The predicted octanol–water partition coefficient (Wildman–Crippen LogP) is -0.255. The van der Waals surface area contributed by atoms with E-state index in [1.807, 2.05) is 0 Å². The van der Waals surface area contributed by atoms with Crippen LogP contribution in [0.5, 0.6) is 0 Å². The second-order valence-corrected chi connectivity index (χ2v) is 3.14. The number of carbonyl (C=O) groups excluding carboxylic acids is 1. The van der Waals surface area contributed by atoms with Gasteiger partial charge in [-0.25, -0.2) is 8.78 Å². The van der Waals surface area contributed by atoms with Crippen molar-refractivity contribution in [1.82, 2.24) is 10.6 Å². The molecule has 0 saturated carbocycles. The Morgan fingerprint density at radius 2 is 2.43 bits per heavy atom. The highest BCUT2D eigenvalue weighted by molar-refractivity contribution is 5.82. The van der Waals surface area contributed by atoms with Gasteiger partial charge in [0.1, 0.15) is 6.04 Å². The smallest absolute Gasteiger partial charge is 0.255 e. The van der Waals surface area contributed by atoms with Crippen LogP contribution in [0.25, 0.3) is 0 Å². The number of rotatable bonds is 3. The fourth-order valence-electron chi connectivity index (χ4n) is 1.32. The Balaban J connectivity index is 2.34. The third-order valence-electron chi connectivity index (χ3n) is 2.03. The molecule has 1 saturated heterocycles. The van der Waals surface area contributed by atoms with E-state index in [9.17, 15) is 13.6 Å². The van der Waals surface area contributed by atoms with Gasteiger partial charge in [0.2, 0.25) is 5.91 Å². The van der Waals surface area contributed by atoms with Gasteiger partial charge in [0.05, 0.1) is 19.3 Å². The van der Waals surface area contributed by atoms with Gasteiger partial charge in [0, 0.05) is 6.54 Å². The second-order valence-electron chi connectivity index (χ2n) is 3.14. The minimum Gasteiger partial charge on any atom is -0.375 e. The summed E-state index contributed by atoms with van der Waals surface area (Å²) in [6.45, 7) is 2.24. The number of alkyl halides is 2. The molecular weight excluding hydrogens is 194 g/mol. The van der Waals surface area contributed by atoms with Crippen molar-refractivity contribution in [2.75, 3.05) is 19.7 Å². The van der Waals surface area contributed by atoms with Crippen LogP contribution in [0.2, 0.25) is 0 Å². The van der Waals surface area contributed by atoms with Crippen molar-refractivity contribution >= 4 is 5.91 Å². The molecule has 0 unspecified atom stereocenters. The molecule has 1 amide bonds. The molecule has 1 rings (SSSR count). The van der Waals surface area contributed by atoms with Crippen LogP contribution < -0.4 is 10.6 Å². The molecule has 0 aromatic carbocycles. The highest BCUT2D eigenvalue weighted by Crippen LogP contribution is 2.03. The molecule has 1 heterocycles. The lowest BCUT2D eigenvalue weighted by molar-refractivity contribution is -0.129. The van der Waals surface area contributed by atoms with Crippen molar-refractivity contribution in [2.45, 2.75) is 25.5 Å². The number of halogens is 2. The van der Waals surface area contributed by atoms with E-state index < -0.39 is 24.9 Å². The standard InChI is InChI=1S/C8H14F2N2O2/c1-5-7(11-2-3-14-5)8(13)12-4-6(9)10/h5-7,11H,2-4H2,1H3,(H,12,13)/t5-,7+/m1/s1. The van der Waals surface area contributed by atoms with Gasteiger partial charge in [-0.3, -0.25) is 4.79 Å². The zero-order valence-corrected chi connectivity index (χ0v) is 7.93. The van der Waals surface area contributed by atoms with Gasteiger partial charge in [-0.2, -0.15) is 0 Å². The Bertz CT molecular complexity index is 202. The van der Waals surface area contributed by atoms with Gasteiger partial charge in [-0.15, -0.1) is 0 Å². The van der Waals surface area contributed by atoms with E-state index in [2.05, 4.69) is 10.6 Å². The van der Waals surface area contributed by atoms with Crippen LogP contribution in [-0.2, 0) is 9.53 Å². The fraction of sp³-hybridized carbons (Fsp3) is 0.875. The molecule has 0 radical (unpaired) electrons. The van der Waals surface area contributed by atoms with Crippen molar-refractivity contribution in [3.63, 3.8) is 0 Å². The Hall–Kier alpha value is -0.750. The largest absolute Gasteiger partial charge is 0.375 e. The third-order valence-corrected chi connectivity index (χ3v) is 2.03. The average molecular weight is 208 g/mol. The van der Waals surface area contributed by atoms with Crippen molar-refractivity contribution in [2.24, 2.45) is 0 Å². The minimum atomic E-state index is -2.52. The topological polar surface area (TPSA) is 50.4 Å². The molecule has 1 fully saturated rings. The van der Waals surface area contributed by atoms with Crippen LogP contribution in [-0.4, -0.2) is 44.2 Å². The van der Waals surface area contributed by atoms with E-state index in [0.29, 0.717) is 13.2 Å². The average Bonchev–Trinajstić information content (AvgIpc) is 2.15. The Morgan fingerprint density at radius 3 is 3.00 bits per heavy atom. The molecule has 82 valence electrons. The van der Waals surface area contributed by atoms with Crippen LogP contribution >= 0.6 is 0 Å². The van der Waals surface area contributed by atoms with Crippen LogP contribution in [0, 0.1) is 0 Å². The molecule has 2 N–H and O–H groups in total. The number of hydrogen-bond acceptors (Lipinski definition) is 3. The molecule has 0 bridgehead atoms. The SMILES string of the molecule is C[C@H]1OCCN[C@@H]1C(=O)NCC(F)F. The van der Waals surface area contributed by atoms with E-state index in [4.69, 9.17) is 4.74 Å². The van der Waals surface area contributed by atoms with Gasteiger partial charge in [-0.05, 0) is 6.92 Å². The first-order valence-electron chi connectivity index (χ1n) is 4.52. The van der Waals surface area contributed by atoms with Crippen molar-refractivity contribution in [1.29, 1.82) is 0 Å². The number of nitrogens with one attached hydrogen (secondary N) is 2. The normalized spacial score (nSPS) is 27.7. The molecule has 4 nitrogen and oxygen atoms in total. The molecule has 0 aromatic rings. The number of hydrogen-bond donors (Lipinski definition) is 2. The van der Waals surface area contributed by atoms with Crippen LogP contribution in [0.1, 0.15) is 6.92 Å². The van der Waals surface area contributed by atoms with E-state index in [1.165, 1.54) is 0 Å². The number of amides is 1. The van der Waals surface area contributed by atoms with E-state index >= 15 is 0 Å². The Labute approximate surface area is 81.0 Å². The van der Waals surface area contributed by atoms with Crippen LogP contribution in [0.3, 0.4) is 0 Å². The summed E-state index contributed by atoms with van der Waals surface area (Å²) in [6.07, 6.45) is -2.79. The first-order chi connectivity index (χ1) is 6.61. The first-order valence-corrected chi connectivity index (χ1v) is 4.52. The van der Waals surface area contributed by atoms with Crippen molar-refractivity contribution in [3.8, 4) is 0 Å². The van der Waals surface area contributed by atoms with Gasteiger partial charge >= 0.3 is 0 Å². The molecule has 1 aliphatic rings. The summed E-state index contributed by atoms with van der Waals surface area (Å²) in [4.78, 5) is 11.3. The molecule has 0 aliphatic carbocycles. The summed E-state index contributed by atoms with van der Waals surface area (Å²) in [5.74, 6) is -0.433. The minimum absolute atomic E-state index is 0.276. The molecule has 1 aliphatic heterocycles. The molecule has 0 aromatic heterocycles. The van der Waals surface area contributed by atoms with Crippen molar-refractivity contribution in [3.05, 3.63) is 0 Å². The molecular formula is C8H14F2N2O2. The summed E-state index contributed by atoms with van der Waals surface area (Å²) < 4.78 is 28.8. The van der Waals surface area contributed by atoms with Crippen molar-refractivity contribution < 1.29 is 18.3 Å². The first kappa shape index (κ1) is 11.3. The highest BCUT2D eigenvalue weighted by Gasteiger charge is 2.28. The van der Waals surface area contributed by atoms with Crippen LogP contribution in [0.4, 0.5) is 8.78 Å². The lowest BCUT2D eigenvalue weighted by atomic mass is 10.1. The van der Waals surface area contributed by atoms with Gasteiger partial charge in [0.15, 0.2) is 0 Å². The maximum atomic E-state index is 11.8. The number of carbonyl (C=O) groups is 1. The molecule has 0 spiro atoms. The van der Waals surface area contributed by atoms with Gasteiger partial charge in [-0.1, -0.05) is 0 Å². The maximum absolute atomic E-state index is 11.8. The van der Waals surface area contributed by atoms with Crippen LogP contribution in [0.15, 0.2) is 0 Å². The van der Waals surface area contributed by atoms with E-state index in [0.717, 1.165) is 0 Å². The Morgan fingerprint density at radius 1 is 1.71 bits per heavy atom. The summed E-state index contributed by atoms with van der Waals surface area (Å²) in [7, 11) is 0. The summed E-state index contributed by atoms with van der Waals surface area (Å²) in [6, 6.07) is -0.525. The monoisotopic (exact) mass is 208 g/mol. The van der Waals surface area contributed by atoms with Gasteiger partial charge in [0.25, 0.3) is 6.43 Å². The zero-order valence-electron chi connectivity index (χ0n) is 7.93. The Kier molecular flexibility index (Phi) is 4.21. The quantitative estimate of drug-likeness (QED) is 0.672. The van der Waals surface area contributed by atoms with Gasteiger partial charge < -0.3 is 15.4 Å². The third kappa shape index (κ3) is 3.19. The summed E-state index contributed by atoms with van der Waals surface area (Å²) in [5, 5.41) is 5.06. The second kappa shape index (κ2) is 5.21. The molecule has 6 heteroatoms. The lowest BCUT2D eigenvalue weighted by Gasteiger charge is -2.29. The van der Waals surface area contributed by atoms with E-state index in [-0.39, 0.29) is 6.10 Å². The fourth-order valence-corrected chi connectivity index (χ4v) is 1.32. The molecule has 2 atom stereocenters. The number of morpholine rings is 1. The van der Waals surface area contributed by atoms with E-state index in [1.54, 1.807) is 6.92 Å². The lowest BCUT2D eigenvalue weighted by Crippen LogP contribution is -2.55. The summed E-state index contributed by atoms with van der Waals surface area (Å²) in [5.41, 5.74) is 0. The predicted molar refractivity (Wildman–Crippen MR) is 46.2 cm³/mol. The maximum Gasteiger partial charge on any atom is 0.255 e. The number of ether oxygens (including phenoxy) is 1.